The van der Waals surface area contributed by atoms with Gasteiger partial charge in [-0.15, -0.1) is 0 Å². The first-order valence-electron chi connectivity index (χ1n) is 6.94. The number of carbonyl (C=O) groups is 1. The molecular weight excluding hydrogens is 276 g/mol. The molecule has 0 radical (unpaired) electrons. The highest BCUT2D eigenvalue weighted by Gasteiger charge is 2.41. The van der Waals surface area contributed by atoms with Gasteiger partial charge in [0.2, 0.25) is 5.91 Å². The van der Waals surface area contributed by atoms with Gasteiger partial charge in [0.25, 0.3) is 0 Å². The lowest BCUT2D eigenvalue weighted by atomic mass is 9.84. The van der Waals surface area contributed by atoms with Crippen molar-refractivity contribution in [3.05, 3.63) is 28.3 Å². The van der Waals surface area contributed by atoms with Crippen molar-refractivity contribution in [1.29, 1.82) is 0 Å². The minimum Gasteiger partial charge on any atom is -0.376 e. The molecule has 1 amide bonds. The zero-order valence-electron chi connectivity index (χ0n) is 11.7. The van der Waals surface area contributed by atoms with E-state index >= 15 is 0 Å². The van der Waals surface area contributed by atoms with Gasteiger partial charge >= 0.3 is 0 Å². The normalized spacial score (nSPS) is 25.4. The van der Waals surface area contributed by atoms with Crippen LogP contribution in [-0.4, -0.2) is 18.6 Å². The summed E-state index contributed by atoms with van der Waals surface area (Å²) in [6.07, 6.45) is 1.97. The molecule has 1 saturated heterocycles. The number of carbonyl (C=O) groups excluding carboxylic acids is 1. The summed E-state index contributed by atoms with van der Waals surface area (Å²) in [5.41, 5.74) is 8.36. The molecule has 2 aliphatic heterocycles. The van der Waals surface area contributed by atoms with Crippen molar-refractivity contribution in [2.75, 3.05) is 11.9 Å². The average molecular weight is 295 g/mol. The highest BCUT2D eigenvalue weighted by atomic mass is 35.5. The van der Waals surface area contributed by atoms with E-state index in [1.807, 2.05) is 26.0 Å². The van der Waals surface area contributed by atoms with Gasteiger partial charge in [-0.2, -0.15) is 0 Å². The molecule has 108 valence electrons. The van der Waals surface area contributed by atoms with Crippen LogP contribution in [0, 0.1) is 0 Å². The Labute approximate surface area is 123 Å². The Bertz CT molecular complexity index is 565. The fourth-order valence-corrected chi connectivity index (χ4v) is 3.23. The Kier molecular flexibility index (Phi) is 3.27. The van der Waals surface area contributed by atoms with Gasteiger partial charge in [0.1, 0.15) is 0 Å². The Morgan fingerprint density at radius 1 is 1.50 bits per heavy atom. The summed E-state index contributed by atoms with van der Waals surface area (Å²) in [7, 11) is 0. The van der Waals surface area contributed by atoms with Gasteiger partial charge in [-0.25, -0.2) is 0 Å². The summed E-state index contributed by atoms with van der Waals surface area (Å²) in [5.74, 6) is -0.0180. The van der Waals surface area contributed by atoms with Crippen LogP contribution in [0.5, 0.6) is 0 Å². The smallest absolute Gasteiger partial charge is 0.234 e. The van der Waals surface area contributed by atoms with Gasteiger partial charge in [0.05, 0.1) is 17.6 Å². The first-order chi connectivity index (χ1) is 9.41. The molecule has 0 bridgehead atoms. The minimum atomic E-state index is -0.578. The fourth-order valence-electron chi connectivity index (χ4n) is 3.00. The molecule has 2 aliphatic rings. The van der Waals surface area contributed by atoms with Gasteiger partial charge in [0, 0.05) is 17.3 Å². The second kappa shape index (κ2) is 4.72. The van der Waals surface area contributed by atoms with Gasteiger partial charge in [-0.3, -0.25) is 4.79 Å². The highest BCUT2D eigenvalue weighted by molar-refractivity contribution is 6.31. The second-order valence-corrected chi connectivity index (χ2v) is 6.51. The number of nitrogens with two attached hydrogens (primary N) is 1. The number of amides is 1. The summed E-state index contributed by atoms with van der Waals surface area (Å²) < 4.78 is 5.67. The van der Waals surface area contributed by atoms with Crippen LogP contribution in [0.3, 0.4) is 0 Å². The highest BCUT2D eigenvalue weighted by Crippen LogP contribution is 2.44. The van der Waals surface area contributed by atoms with Crippen LogP contribution in [0.4, 0.5) is 5.69 Å². The number of hydrogen-bond acceptors (Lipinski definition) is 3. The number of nitrogens with one attached hydrogen (secondary N) is 1. The topological polar surface area (TPSA) is 64.4 Å². The average Bonchev–Trinajstić information content (AvgIpc) is 2.99. The van der Waals surface area contributed by atoms with E-state index in [0.717, 1.165) is 36.3 Å². The van der Waals surface area contributed by atoms with Crippen molar-refractivity contribution in [2.24, 2.45) is 5.73 Å². The summed E-state index contributed by atoms with van der Waals surface area (Å²) in [4.78, 5) is 12.1. The fraction of sp³-hybridized carbons (Fsp3) is 0.533. The molecule has 0 aromatic heterocycles. The predicted molar refractivity (Wildman–Crippen MR) is 79.0 cm³/mol. The molecule has 3 N–H and O–H groups in total. The SMILES string of the molecule is CC1(C)C(=O)Nc2c(C(N)C3CCCO3)cc(Cl)cc21. The number of hydrogen-bond donors (Lipinski definition) is 2. The molecule has 1 aromatic rings. The largest absolute Gasteiger partial charge is 0.376 e. The lowest BCUT2D eigenvalue weighted by molar-refractivity contribution is -0.119. The number of ether oxygens (including phenoxy) is 1. The van der Waals surface area contributed by atoms with Crippen LogP contribution in [0.2, 0.25) is 5.02 Å². The van der Waals surface area contributed by atoms with E-state index in [2.05, 4.69) is 5.32 Å². The number of anilines is 1. The molecule has 0 spiro atoms. The van der Waals surface area contributed by atoms with E-state index in [1.54, 1.807) is 0 Å². The molecule has 1 fully saturated rings. The maximum Gasteiger partial charge on any atom is 0.234 e. The van der Waals surface area contributed by atoms with E-state index in [9.17, 15) is 4.79 Å². The summed E-state index contributed by atoms with van der Waals surface area (Å²) in [6, 6.07) is 3.42. The maximum atomic E-state index is 12.1. The molecular formula is C15H19ClN2O2. The van der Waals surface area contributed by atoms with Crippen molar-refractivity contribution in [2.45, 2.75) is 44.2 Å². The number of fused-ring (bicyclic) bond motifs is 1. The van der Waals surface area contributed by atoms with Gasteiger partial charge in [-0.05, 0) is 49.9 Å². The molecule has 5 heteroatoms. The van der Waals surface area contributed by atoms with Gasteiger partial charge in [0.15, 0.2) is 0 Å². The molecule has 4 nitrogen and oxygen atoms in total. The van der Waals surface area contributed by atoms with Crippen LogP contribution in [0.1, 0.15) is 43.9 Å². The van der Waals surface area contributed by atoms with Gasteiger partial charge < -0.3 is 15.8 Å². The number of benzene rings is 1. The lowest BCUT2D eigenvalue weighted by Gasteiger charge is -2.22. The molecule has 1 aromatic carbocycles. The Morgan fingerprint density at radius 2 is 2.25 bits per heavy atom. The zero-order chi connectivity index (χ0) is 14.5. The van der Waals surface area contributed by atoms with E-state index in [4.69, 9.17) is 22.1 Å². The van der Waals surface area contributed by atoms with Crippen LogP contribution in [-0.2, 0) is 14.9 Å². The number of rotatable bonds is 2. The molecule has 2 atom stereocenters. The van der Waals surface area contributed by atoms with Crippen molar-refractivity contribution < 1.29 is 9.53 Å². The van der Waals surface area contributed by atoms with E-state index in [-0.39, 0.29) is 18.1 Å². The quantitative estimate of drug-likeness (QED) is 0.881. The van der Waals surface area contributed by atoms with Crippen molar-refractivity contribution in [3.63, 3.8) is 0 Å². The predicted octanol–water partition coefficient (Wildman–Crippen LogP) is 2.75. The molecule has 0 aliphatic carbocycles. The summed E-state index contributed by atoms with van der Waals surface area (Å²) in [5, 5.41) is 3.56. The van der Waals surface area contributed by atoms with Crippen LogP contribution in [0.15, 0.2) is 12.1 Å². The molecule has 2 unspecified atom stereocenters. The van der Waals surface area contributed by atoms with E-state index in [1.165, 1.54) is 0 Å². The third-order valence-electron chi connectivity index (χ3n) is 4.34. The van der Waals surface area contributed by atoms with Crippen molar-refractivity contribution >= 4 is 23.2 Å². The third kappa shape index (κ3) is 2.03. The van der Waals surface area contributed by atoms with E-state index < -0.39 is 5.41 Å². The minimum absolute atomic E-state index is 0.00168. The van der Waals surface area contributed by atoms with Crippen molar-refractivity contribution in [1.82, 2.24) is 0 Å². The third-order valence-corrected chi connectivity index (χ3v) is 4.56. The van der Waals surface area contributed by atoms with E-state index in [0.29, 0.717) is 5.02 Å². The Hall–Kier alpha value is -1.10. The monoisotopic (exact) mass is 294 g/mol. The van der Waals surface area contributed by atoms with Crippen LogP contribution in [0.25, 0.3) is 0 Å². The first-order valence-corrected chi connectivity index (χ1v) is 7.31. The lowest BCUT2D eigenvalue weighted by Crippen LogP contribution is -2.27. The van der Waals surface area contributed by atoms with Crippen molar-refractivity contribution in [3.8, 4) is 0 Å². The standard InChI is InChI=1S/C15H19ClN2O2/c1-15(2)10-7-8(16)6-9(13(10)18-14(15)19)12(17)11-4-3-5-20-11/h6-7,11-12H,3-5,17H2,1-2H3,(H,18,19). The second-order valence-electron chi connectivity index (χ2n) is 6.07. The molecule has 0 saturated carbocycles. The Morgan fingerprint density at radius 3 is 2.90 bits per heavy atom. The number of halogens is 1. The Balaban J connectivity index is 2.07. The first kappa shape index (κ1) is 13.9. The van der Waals surface area contributed by atoms with Gasteiger partial charge in [-0.1, -0.05) is 11.6 Å². The molecule has 3 rings (SSSR count). The summed E-state index contributed by atoms with van der Waals surface area (Å²) >= 11 is 6.22. The maximum absolute atomic E-state index is 12.1. The van der Waals surface area contributed by atoms with Crippen LogP contribution < -0.4 is 11.1 Å². The van der Waals surface area contributed by atoms with Crippen LogP contribution >= 0.6 is 11.6 Å². The molecule has 20 heavy (non-hydrogen) atoms. The summed E-state index contributed by atoms with van der Waals surface area (Å²) in [6.45, 7) is 4.54. The molecule has 2 heterocycles. The zero-order valence-corrected chi connectivity index (χ0v) is 12.5.